The van der Waals surface area contributed by atoms with Crippen LogP contribution < -0.4 is 5.32 Å². The van der Waals surface area contributed by atoms with Crippen LogP contribution in [-0.2, 0) is 0 Å². The second-order valence-electron chi connectivity index (χ2n) is 6.61. The van der Waals surface area contributed by atoms with Crippen LogP contribution in [0.25, 0.3) is 10.8 Å². The molecule has 0 saturated heterocycles. The highest BCUT2D eigenvalue weighted by Gasteiger charge is 2.19. The Kier molecular flexibility index (Phi) is 4.93. The van der Waals surface area contributed by atoms with E-state index in [2.05, 4.69) is 25.7 Å². The van der Waals surface area contributed by atoms with Crippen molar-refractivity contribution in [2.45, 2.75) is 6.92 Å². The Morgan fingerprint density at radius 3 is 2.80 bits per heavy atom. The fraction of sp³-hybridized carbons (Fsp3) is 0.0455. The lowest BCUT2D eigenvalue weighted by atomic mass is 10.0. The molecule has 1 heterocycles. The monoisotopic (exact) mass is 396 g/mol. The number of H-pyrrole nitrogens is 1. The summed E-state index contributed by atoms with van der Waals surface area (Å²) in [5, 5.41) is 38.5. The van der Waals surface area contributed by atoms with Gasteiger partial charge in [-0.25, -0.2) is 0 Å². The number of aromatic hydroxyl groups is 1. The number of phenolic OH excluding ortho intramolecular Hbond substituents is 1. The van der Waals surface area contributed by atoms with Gasteiger partial charge in [0, 0.05) is 11.1 Å². The largest absolute Gasteiger partial charge is 0.505 e. The molecule has 0 atom stereocenters. The topological polar surface area (TPSA) is 127 Å². The first-order valence-electron chi connectivity index (χ1n) is 9.05. The standard InChI is InChI=1S/C22H16N6O2/c1-13-5-4-7-16(9-13)25-22(30)18-10-14-6-2-3-8-17(14)19(20(18)29)26-28-21-15(11-23)12-24-27-21/h2-10,12,29H,1H3,(H,24,27)(H,25,30). The van der Waals surface area contributed by atoms with Gasteiger partial charge in [0.05, 0.1) is 11.8 Å². The quantitative estimate of drug-likeness (QED) is 0.414. The lowest BCUT2D eigenvalue weighted by Crippen LogP contribution is -2.12. The number of hydrogen-bond donors (Lipinski definition) is 3. The molecular formula is C22H16N6O2. The minimum Gasteiger partial charge on any atom is -0.505 e. The van der Waals surface area contributed by atoms with Gasteiger partial charge in [-0.2, -0.15) is 10.4 Å². The minimum atomic E-state index is -0.473. The number of carbonyl (C=O) groups excluding carboxylic acids is 1. The first-order chi connectivity index (χ1) is 14.6. The molecule has 0 aliphatic heterocycles. The predicted octanol–water partition coefficient (Wildman–Crippen LogP) is 5.12. The van der Waals surface area contributed by atoms with Crippen LogP contribution in [0.15, 0.2) is 71.0 Å². The molecule has 0 fully saturated rings. The number of azo groups is 1. The van der Waals surface area contributed by atoms with Gasteiger partial charge in [-0.1, -0.05) is 36.4 Å². The number of fused-ring (bicyclic) bond motifs is 1. The molecule has 0 bridgehead atoms. The van der Waals surface area contributed by atoms with Crippen molar-refractivity contribution in [2.24, 2.45) is 10.2 Å². The number of anilines is 1. The number of hydrogen-bond acceptors (Lipinski definition) is 6. The fourth-order valence-corrected chi connectivity index (χ4v) is 3.05. The number of nitrogens with one attached hydrogen (secondary N) is 2. The van der Waals surface area contributed by atoms with E-state index in [4.69, 9.17) is 5.26 Å². The predicted molar refractivity (Wildman–Crippen MR) is 112 cm³/mol. The number of rotatable bonds is 4. The number of amides is 1. The Morgan fingerprint density at radius 1 is 1.17 bits per heavy atom. The van der Waals surface area contributed by atoms with E-state index in [9.17, 15) is 9.90 Å². The number of aryl methyl sites for hydroxylation is 1. The summed E-state index contributed by atoms with van der Waals surface area (Å²) in [6.07, 6.45) is 1.33. The molecule has 8 nitrogen and oxygen atoms in total. The molecule has 1 amide bonds. The number of benzene rings is 3. The smallest absolute Gasteiger partial charge is 0.259 e. The lowest BCUT2D eigenvalue weighted by molar-refractivity contribution is 0.102. The molecule has 146 valence electrons. The Morgan fingerprint density at radius 2 is 2.00 bits per heavy atom. The van der Waals surface area contributed by atoms with Crippen LogP contribution in [-0.4, -0.2) is 21.2 Å². The molecule has 0 aliphatic rings. The van der Waals surface area contributed by atoms with Crippen LogP contribution in [0.5, 0.6) is 5.75 Å². The Labute approximate surface area is 171 Å². The molecule has 0 spiro atoms. The zero-order chi connectivity index (χ0) is 21.1. The van der Waals surface area contributed by atoms with Gasteiger partial charge in [0.15, 0.2) is 11.6 Å². The molecule has 30 heavy (non-hydrogen) atoms. The highest BCUT2D eigenvalue weighted by atomic mass is 16.3. The zero-order valence-electron chi connectivity index (χ0n) is 15.9. The second kappa shape index (κ2) is 7.85. The molecule has 0 unspecified atom stereocenters. The van der Waals surface area contributed by atoms with E-state index >= 15 is 0 Å². The number of aromatic amines is 1. The maximum atomic E-state index is 12.9. The van der Waals surface area contributed by atoms with E-state index < -0.39 is 5.91 Å². The third kappa shape index (κ3) is 3.59. The molecule has 1 aromatic heterocycles. The summed E-state index contributed by atoms with van der Waals surface area (Å²) >= 11 is 0. The van der Waals surface area contributed by atoms with Gasteiger partial charge in [0.25, 0.3) is 5.91 Å². The summed E-state index contributed by atoms with van der Waals surface area (Å²) in [7, 11) is 0. The molecule has 4 rings (SSSR count). The van der Waals surface area contributed by atoms with E-state index in [-0.39, 0.29) is 28.4 Å². The van der Waals surface area contributed by atoms with E-state index in [1.165, 1.54) is 6.20 Å². The molecule has 3 aromatic carbocycles. The van der Waals surface area contributed by atoms with Crippen LogP contribution in [0, 0.1) is 18.3 Å². The number of carbonyl (C=O) groups is 1. The highest BCUT2D eigenvalue weighted by Crippen LogP contribution is 2.39. The molecular weight excluding hydrogens is 380 g/mol. The van der Waals surface area contributed by atoms with E-state index in [1.54, 1.807) is 24.3 Å². The van der Waals surface area contributed by atoms with Crippen molar-refractivity contribution < 1.29 is 9.90 Å². The Bertz CT molecular complexity index is 1330. The number of nitriles is 1. The van der Waals surface area contributed by atoms with Crippen molar-refractivity contribution in [3.63, 3.8) is 0 Å². The van der Waals surface area contributed by atoms with Crippen LogP contribution >= 0.6 is 0 Å². The van der Waals surface area contributed by atoms with Crippen molar-refractivity contribution >= 4 is 33.9 Å². The average molecular weight is 396 g/mol. The SMILES string of the molecule is Cc1cccc(NC(=O)c2cc3ccccc3c(N=Nc3[nH]ncc3C#N)c2O)c1. The Balaban J connectivity index is 1.79. The third-order valence-electron chi connectivity index (χ3n) is 4.51. The summed E-state index contributed by atoms with van der Waals surface area (Å²) in [4.78, 5) is 12.9. The lowest BCUT2D eigenvalue weighted by Gasteiger charge is -2.11. The fourth-order valence-electron chi connectivity index (χ4n) is 3.05. The van der Waals surface area contributed by atoms with Crippen LogP contribution in [0.3, 0.4) is 0 Å². The zero-order valence-corrected chi connectivity index (χ0v) is 15.9. The molecule has 8 heteroatoms. The number of aromatic nitrogens is 2. The summed E-state index contributed by atoms with van der Waals surface area (Å²) in [6, 6.07) is 18.1. The van der Waals surface area contributed by atoms with Crippen LogP contribution in [0.1, 0.15) is 21.5 Å². The van der Waals surface area contributed by atoms with E-state index in [0.717, 1.165) is 5.56 Å². The molecule has 4 aromatic rings. The summed E-state index contributed by atoms with van der Waals surface area (Å²) in [5.41, 5.74) is 2.02. The van der Waals surface area contributed by atoms with Crippen molar-refractivity contribution in [2.75, 3.05) is 5.32 Å². The second-order valence-corrected chi connectivity index (χ2v) is 6.61. The van der Waals surface area contributed by atoms with Gasteiger partial charge >= 0.3 is 0 Å². The minimum absolute atomic E-state index is 0.0641. The number of phenols is 1. The summed E-state index contributed by atoms with van der Waals surface area (Å²) in [5.74, 6) is -0.615. The third-order valence-corrected chi connectivity index (χ3v) is 4.51. The molecule has 0 saturated carbocycles. The highest BCUT2D eigenvalue weighted by molar-refractivity contribution is 6.11. The van der Waals surface area contributed by atoms with Crippen molar-refractivity contribution in [3.8, 4) is 11.8 Å². The van der Waals surface area contributed by atoms with Crippen LogP contribution in [0.4, 0.5) is 17.2 Å². The molecule has 0 radical (unpaired) electrons. The number of nitrogens with zero attached hydrogens (tertiary/aromatic N) is 4. The van der Waals surface area contributed by atoms with Gasteiger partial charge in [-0.05, 0) is 36.1 Å². The summed E-state index contributed by atoms with van der Waals surface area (Å²) in [6.45, 7) is 1.92. The van der Waals surface area contributed by atoms with Gasteiger partial charge in [-0.3, -0.25) is 9.89 Å². The van der Waals surface area contributed by atoms with E-state index in [0.29, 0.717) is 16.5 Å². The van der Waals surface area contributed by atoms with E-state index in [1.807, 2.05) is 43.3 Å². The van der Waals surface area contributed by atoms with Crippen molar-refractivity contribution in [1.82, 2.24) is 10.2 Å². The van der Waals surface area contributed by atoms with Gasteiger partial charge in [-0.15, -0.1) is 10.2 Å². The maximum absolute atomic E-state index is 12.9. The first-order valence-corrected chi connectivity index (χ1v) is 9.05. The van der Waals surface area contributed by atoms with Crippen LogP contribution in [0.2, 0.25) is 0 Å². The normalized spacial score (nSPS) is 10.9. The van der Waals surface area contributed by atoms with Gasteiger partial charge in [0.1, 0.15) is 17.3 Å². The van der Waals surface area contributed by atoms with Crippen molar-refractivity contribution in [3.05, 3.63) is 77.5 Å². The Hall–Kier alpha value is -4.51. The summed E-state index contributed by atoms with van der Waals surface area (Å²) < 4.78 is 0. The van der Waals surface area contributed by atoms with Crippen molar-refractivity contribution in [1.29, 1.82) is 5.26 Å². The first kappa shape index (κ1) is 18.8. The molecule has 3 N–H and O–H groups in total. The van der Waals surface area contributed by atoms with Gasteiger partial charge < -0.3 is 10.4 Å². The van der Waals surface area contributed by atoms with Gasteiger partial charge in [0.2, 0.25) is 0 Å². The molecule has 0 aliphatic carbocycles. The maximum Gasteiger partial charge on any atom is 0.259 e. The average Bonchev–Trinajstić information content (AvgIpc) is 3.20.